The molecule has 1 aliphatic heterocycles. The average molecular weight is 277 g/mol. The van der Waals surface area contributed by atoms with Gasteiger partial charge in [-0.1, -0.05) is 15.9 Å². The van der Waals surface area contributed by atoms with E-state index in [-0.39, 0.29) is 11.9 Å². The molecule has 0 amide bonds. The van der Waals surface area contributed by atoms with Crippen LogP contribution in [0.4, 0.5) is 0 Å². The van der Waals surface area contributed by atoms with Crippen LogP contribution in [0.2, 0.25) is 0 Å². The molecule has 0 radical (unpaired) electrons. The Kier molecular flexibility index (Phi) is 2.58. The third-order valence-corrected chi connectivity index (χ3v) is 4.80. The molecule has 3 aliphatic rings. The van der Waals surface area contributed by atoms with Gasteiger partial charge in [0.15, 0.2) is 5.79 Å². The molecule has 4 heteroatoms. The van der Waals surface area contributed by atoms with Crippen LogP contribution in [-0.2, 0) is 9.47 Å². The molecule has 2 saturated carbocycles. The fourth-order valence-electron chi connectivity index (χ4n) is 3.83. The molecule has 4 atom stereocenters. The third-order valence-electron chi connectivity index (χ3n) is 4.34. The number of alkyl halides is 1. The van der Waals surface area contributed by atoms with Gasteiger partial charge in [0.1, 0.15) is 0 Å². The van der Waals surface area contributed by atoms with E-state index in [1.165, 1.54) is 0 Å². The number of fused-ring (bicyclic) bond motifs is 2. The number of hydrogen-bond donors (Lipinski definition) is 1. The lowest BCUT2D eigenvalue weighted by Gasteiger charge is -2.56. The Morgan fingerprint density at radius 3 is 2.67 bits per heavy atom. The Labute approximate surface area is 98.3 Å². The Morgan fingerprint density at radius 2 is 2.00 bits per heavy atom. The monoisotopic (exact) mass is 276 g/mol. The minimum absolute atomic E-state index is 0.127. The highest BCUT2D eigenvalue weighted by molar-refractivity contribution is 9.09. The molecule has 2 aliphatic carbocycles. The molecule has 0 unspecified atom stereocenters. The highest BCUT2D eigenvalue weighted by Gasteiger charge is 2.68. The Bertz CT molecular complexity index is 252. The van der Waals surface area contributed by atoms with E-state index in [0.29, 0.717) is 17.8 Å². The van der Waals surface area contributed by atoms with Gasteiger partial charge in [0.05, 0.1) is 19.3 Å². The number of halogens is 1. The smallest absolute Gasteiger partial charge is 0.174 e. The molecule has 0 aromatic carbocycles. The van der Waals surface area contributed by atoms with Crippen molar-refractivity contribution in [3.63, 3.8) is 0 Å². The van der Waals surface area contributed by atoms with Crippen molar-refractivity contribution >= 4 is 15.9 Å². The number of aliphatic hydroxyl groups is 1. The van der Waals surface area contributed by atoms with Crippen molar-refractivity contribution in [3.05, 3.63) is 0 Å². The number of aliphatic hydroxyl groups excluding tert-OH is 1. The van der Waals surface area contributed by atoms with Gasteiger partial charge in [0.2, 0.25) is 0 Å². The summed E-state index contributed by atoms with van der Waals surface area (Å²) in [6, 6.07) is 0. The minimum Gasteiger partial charge on any atom is -0.393 e. The zero-order valence-electron chi connectivity index (χ0n) is 8.69. The summed E-state index contributed by atoms with van der Waals surface area (Å²) >= 11 is 3.48. The van der Waals surface area contributed by atoms with Crippen LogP contribution in [-0.4, -0.2) is 35.5 Å². The molecule has 0 aromatic heterocycles. The van der Waals surface area contributed by atoms with Crippen LogP contribution in [0.3, 0.4) is 0 Å². The first-order chi connectivity index (χ1) is 7.29. The molecule has 0 aromatic rings. The summed E-state index contributed by atoms with van der Waals surface area (Å²) in [6.07, 6.45) is 2.89. The summed E-state index contributed by atoms with van der Waals surface area (Å²) in [5.41, 5.74) is 0. The molecular weight excluding hydrogens is 260 g/mol. The molecule has 3 rings (SSSR count). The van der Waals surface area contributed by atoms with E-state index in [1.54, 1.807) is 0 Å². The minimum atomic E-state index is -0.323. The van der Waals surface area contributed by atoms with Crippen molar-refractivity contribution in [2.75, 3.05) is 18.5 Å². The Morgan fingerprint density at radius 1 is 1.27 bits per heavy atom. The van der Waals surface area contributed by atoms with E-state index in [0.717, 1.165) is 37.8 Å². The predicted octanol–water partition coefficient (Wildman–Crippen LogP) is 1.53. The highest BCUT2D eigenvalue weighted by atomic mass is 79.9. The summed E-state index contributed by atoms with van der Waals surface area (Å²) < 4.78 is 11.7. The van der Waals surface area contributed by atoms with Gasteiger partial charge in [0.25, 0.3) is 0 Å². The second-order valence-electron chi connectivity index (χ2n) is 4.83. The van der Waals surface area contributed by atoms with Gasteiger partial charge in [-0.3, -0.25) is 0 Å². The van der Waals surface area contributed by atoms with Gasteiger partial charge in [-0.05, 0) is 19.3 Å². The summed E-state index contributed by atoms with van der Waals surface area (Å²) in [6.45, 7) is 1.44. The fourth-order valence-corrected chi connectivity index (χ4v) is 4.32. The quantitative estimate of drug-likeness (QED) is 0.778. The molecular formula is C11H17BrO3. The second kappa shape index (κ2) is 3.69. The van der Waals surface area contributed by atoms with Crippen molar-refractivity contribution < 1.29 is 14.6 Å². The Balaban J connectivity index is 1.82. The SMILES string of the molecule is O[C@@H]1CC[C@H]2[C@@H]1[C@@H](CCBr)C21OCCO1. The van der Waals surface area contributed by atoms with E-state index in [4.69, 9.17) is 9.47 Å². The Hall–Kier alpha value is 0.360. The normalized spacial score (nSPS) is 46.8. The largest absolute Gasteiger partial charge is 0.393 e. The molecule has 1 spiro atoms. The number of hydrogen-bond acceptors (Lipinski definition) is 3. The first-order valence-electron chi connectivity index (χ1n) is 5.81. The topological polar surface area (TPSA) is 38.7 Å². The van der Waals surface area contributed by atoms with Gasteiger partial charge in [-0.15, -0.1) is 0 Å². The third kappa shape index (κ3) is 1.28. The molecule has 3 fully saturated rings. The van der Waals surface area contributed by atoms with Crippen LogP contribution in [0.5, 0.6) is 0 Å². The first kappa shape index (κ1) is 10.5. The van der Waals surface area contributed by atoms with Crippen LogP contribution in [0, 0.1) is 17.8 Å². The maximum Gasteiger partial charge on any atom is 0.174 e. The standard InChI is InChI=1S/C11H17BrO3/c12-4-3-8-10-7(1-2-9(10)13)11(8)14-5-6-15-11/h7-10,13H,1-6H2/t7-,8+,9+,10+/m0/s1. The molecule has 1 heterocycles. The van der Waals surface area contributed by atoms with Crippen molar-refractivity contribution in [1.29, 1.82) is 0 Å². The molecule has 86 valence electrons. The maximum atomic E-state index is 9.93. The first-order valence-corrected chi connectivity index (χ1v) is 6.93. The van der Waals surface area contributed by atoms with E-state index in [1.807, 2.05) is 0 Å². The zero-order valence-corrected chi connectivity index (χ0v) is 10.3. The molecule has 1 N–H and O–H groups in total. The van der Waals surface area contributed by atoms with Gasteiger partial charge >= 0.3 is 0 Å². The zero-order chi connectivity index (χ0) is 10.5. The van der Waals surface area contributed by atoms with Crippen LogP contribution < -0.4 is 0 Å². The van der Waals surface area contributed by atoms with E-state index in [2.05, 4.69) is 15.9 Å². The summed E-state index contributed by atoms with van der Waals surface area (Å²) in [7, 11) is 0. The van der Waals surface area contributed by atoms with Crippen molar-refractivity contribution in [1.82, 2.24) is 0 Å². The second-order valence-corrected chi connectivity index (χ2v) is 5.62. The molecule has 1 saturated heterocycles. The van der Waals surface area contributed by atoms with Crippen LogP contribution in [0.25, 0.3) is 0 Å². The summed E-state index contributed by atoms with van der Waals surface area (Å²) in [4.78, 5) is 0. The van der Waals surface area contributed by atoms with Crippen molar-refractivity contribution in [2.24, 2.45) is 17.8 Å². The van der Waals surface area contributed by atoms with Crippen LogP contribution >= 0.6 is 15.9 Å². The molecule has 0 bridgehead atoms. The van der Waals surface area contributed by atoms with E-state index < -0.39 is 0 Å². The lowest BCUT2D eigenvalue weighted by molar-refractivity contribution is -0.320. The fraction of sp³-hybridized carbons (Fsp3) is 1.00. The molecule has 3 nitrogen and oxygen atoms in total. The van der Waals surface area contributed by atoms with Gasteiger partial charge in [-0.2, -0.15) is 0 Å². The van der Waals surface area contributed by atoms with Gasteiger partial charge in [-0.25, -0.2) is 0 Å². The van der Waals surface area contributed by atoms with E-state index in [9.17, 15) is 5.11 Å². The predicted molar refractivity (Wildman–Crippen MR) is 58.8 cm³/mol. The lowest BCUT2D eigenvalue weighted by atomic mass is 9.59. The maximum absolute atomic E-state index is 9.93. The highest BCUT2D eigenvalue weighted by Crippen LogP contribution is 2.62. The number of rotatable bonds is 2. The van der Waals surface area contributed by atoms with Gasteiger partial charge in [0, 0.05) is 23.1 Å². The van der Waals surface area contributed by atoms with Gasteiger partial charge < -0.3 is 14.6 Å². The van der Waals surface area contributed by atoms with Crippen molar-refractivity contribution in [2.45, 2.75) is 31.2 Å². The lowest BCUT2D eigenvalue weighted by Crippen LogP contribution is -2.63. The molecule has 15 heavy (non-hydrogen) atoms. The summed E-state index contributed by atoms with van der Waals surface area (Å²) in [5.74, 6) is 0.928. The van der Waals surface area contributed by atoms with Crippen molar-refractivity contribution in [3.8, 4) is 0 Å². The summed E-state index contributed by atoms with van der Waals surface area (Å²) in [5, 5.41) is 10.9. The average Bonchev–Trinajstić information content (AvgIpc) is 2.80. The van der Waals surface area contributed by atoms with Crippen LogP contribution in [0.1, 0.15) is 19.3 Å². The van der Waals surface area contributed by atoms with Crippen LogP contribution in [0.15, 0.2) is 0 Å². The van der Waals surface area contributed by atoms with E-state index >= 15 is 0 Å². The number of ether oxygens (including phenoxy) is 2.